The Labute approximate surface area is 211 Å². The number of aliphatic hydroxyl groups excluding tert-OH is 5. The molecule has 0 radical (unpaired) electrons. The largest absolute Gasteiger partial charge is 0.394 e. The van der Waals surface area contributed by atoms with Gasteiger partial charge in [0, 0.05) is 6.92 Å². The molecule has 1 heterocycles. The fourth-order valence-corrected chi connectivity index (χ4v) is 4.49. The van der Waals surface area contributed by atoms with Crippen LogP contribution in [0.2, 0.25) is 0 Å². The molecule has 1 amide bonds. The zero-order valence-corrected chi connectivity index (χ0v) is 21.8. The molecular weight excluding hydrogens is 454 g/mol. The summed E-state index contributed by atoms with van der Waals surface area (Å²) in [5, 5.41) is 52.4. The second kappa shape index (κ2) is 19.3. The molecule has 0 saturated carbocycles. The van der Waals surface area contributed by atoms with Crippen LogP contribution in [0.4, 0.5) is 0 Å². The lowest BCUT2D eigenvalue weighted by Crippen LogP contribution is -2.60. The quantitative estimate of drug-likeness (QED) is 0.138. The van der Waals surface area contributed by atoms with Gasteiger partial charge in [0.15, 0.2) is 6.29 Å². The molecule has 6 N–H and O–H groups in total. The summed E-state index contributed by atoms with van der Waals surface area (Å²) in [7, 11) is 0. The Morgan fingerprint density at radius 1 is 0.857 bits per heavy atom. The van der Waals surface area contributed by atoms with Crippen molar-refractivity contribution in [2.45, 2.75) is 147 Å². The topological polar surface area (TPSA) is 149 Å². The van der Waals surface area contributed by atoms with Gasteiger partial charge in [-0.15, -0.1) is 0 Å². The minimum atomic E-state index is -1.54. The van der Waals surface area contributed by atoms with Crippen LogP contribution in [0.3, 0.4) is 0 Å². The van der Waals surface area contributed by atoms with Gasteiger partial charge in [0.2, 0.25) is 5.91 Å². The van der Waals surface area contributed by atoms with Crippen LogP contribution in [0.25, 0.3) is 0 Å². The average molecular weight is 506 g/mol. The van der Waals surface area contributed by atoms with Gasteiger partial charge in [-0.3, -0.25) is 4.79 Å². The highest BCUT2D eigenvalue weighted by molar-refractivity contribution is 5.73. The molecule has 1 aliphatic rings. The van der Waals surface area contributed by atoms with Gasteiger partial charge < -0.3 is 40.3 Å². The Balaban J connectivity index is 2.24. The lowest BCUT2D eigenvalue weighted by atomic mass is 9.99. The van der Waals surface area contributed by atoms with Crippen molar-refractivity contribution >= 4 is 5.91 Å². The zero-order chi connectivity index (χ0) is 26.1. The zero-order valence-electron chi connectivity index (χ0n) is 21.8. The van der Waals surface area contributed by atoms with Crippen LogP contribution >= 0.6 is 0 Å². The third-order valence-electron chi connectivity index (χ3n) is 6.75. The predicted molar refractivity (Wildman–Crippen MR) is 134 cm³/mol. The van der Waals surface area contributed by atoms with E-state index in [1.165, 1.54) is 71.1 Å². The monoisotopic (exact) mass is 505 g/mol. The second-order valence-corrected chi connectivity index (χ2v) is 9.94. The summed E-state index contributed by atoms with van der Waals surface area (Å²) in [6.07, 6.45) is 8.83. The molecule has 1 aliphatic heterocycles. The van der Waals surface area contributed by atoms with Crippen LogP contribution in [0, 0.1) is 0 Å². The number of rotatable bonds is 20. The number of hydrogen-bond acceptors (Lipinski definition) is 8. The van der Waals surface area contributed by atoms with E-state index >= 15 is 0 Å². The van der Waals surface area contributed by atoms with Crippen molar-refractivity contribution in [2.24, 2.45) is 0 Å². The second-order valence-electron chi connectivity index (χ2n) is 9.94. The summed E-state index contributed by atoms with van der Waals surface area (Å²) in [5.41, 5.74) is 0. The first-order valence-corrected chi connectivity index (χ1v) is 13.7. The Bertz CT molecular complexity index is 535. The highest BCUT2D eigenvalue weighted by Gasteiger charge is 2.44. The van der Waals surface area contributed by atoms with E-state index in [0.717, 1.165) is 19.3 Å². The van der Waals surface area contributed by atoms with Gasteiger partial charge in [0.1, 0.15) is 24.4 Å². The maximum atomic E-state index is 11.6. The lowest BCUT2D eigenvalue weighted by Gasteiger charge is -2.40. The maximum Gasteiger partial charge on any atom is 0.217 e. The molecule has 208 valence electrons. The van der Waals surface area contributed by atoms with Crippen LogP contribution < -0.4 is 5.32 Å². The van der Waals surface area contributed by atoms with Crippen LogP contribution in [-0.2, 0) is 14.3 Å². The van der Waals surface area contributed by atoms with Gasteiger partial charge in [-0.05, 0) is 6.42 Å². The van der Waals surface area contributed by atoms with Crippen LogP contribution in [0.1, 0.15) is 104 Å². The van der Waals surface area contributed by atoms with E-state index in [2.05, 4.69) is 12.2 Å². The van der Waals surface area contributed by atoms with Crippen molar-refractivity contribution in [1.82, 2.24) is 5.32 Å². The summed E-state index contributed by atoms with van der Waals surface area (Å²) in [6, 6.07) is -0.711. The van der Waals surface area contributed by atoms with Gasteiger partial charge in [-0.25, -0.2) is 0 Å². The van der Waals surface area contributed by atoms with Gasteiger partial charge in [0.25, 0.3) is 0 Å². The van der Waals surface area contributed by atoms with Crippen molar-refractivity contribution in [3.05, 3.63) is 0 Å². The number of hydrogen-bond donors (Lipinski definition) is 6. The summed E-state index contributed by atoms with van der Waals surface area (Å²) >= 11 is 0. The molecule has 1 saturated heterocycles. The fraction of sp³-hybridized carbons (Fsp3) is 0.962. The summed E-state index contributed by atoms with van der Waals surface area (Å²) < 4.78 is 10.8. The van der Waals surface area contributed by atoms with Gasteiger partial charge in [-0.2, -0.15) is 0 Å². The molecule has 0 spiro atoms. The Morgan fingerprint density at radius 2 is 1.37 bits per heavy atom. The minimum absolute atomic E-state index is 0.151. The van der Waals surface area contributed by atoms with Crippen LogP contribution in [0.5, 0.6) is 0 Å². The molecule has 7 atom stereocenters. The third-order valence-corrected chi connectivity index (χ3v) is 6.75. The standard InChI is InChI=1S/C26H51NO8/c1-3-4-5-6-7-8-9-10-11-12-13-14-15-16-21(30)20(27-19(2)29)18-34-26-25(33)24(32)23(31)22(17-28)35-26/h20-26,28,30-33H,3-18H2,1-2H3,(H,27,29). The SMILES string of the molecule is CCCCCCCCCCCCCCCC(O)C(COC1OC(CO)C(O)C(O)C1O)NC(C)=O. The molecule has 9 nitrogen and oxygen atoms in total. The molecule has 0 aromatic rings. The number of carbonyl (C=O) groups is 1. The smallest absolute Gasteiger partial charge is 0.217 e. The third kappa shape index (κ3) is 13.3. The van der Waals surface area contributed by atoms with E-state index in [1.807, 2.05) is 0 Å². The lowest BCUT2D eigenvalue weighted by molar-refractivity contribution is -0.302. The van der Waals surface area contributed by atoms with Crippen molar-refractivity contribution in [2.75, 3.05) is 13.2 Å². The van der Waals surface area contributed by atoms with E-state index in [-0.39, 0.29) is 12.5 Å². The molecular formula is C26H51NO8. The molecule has 0 aliphatic carbocycles. The van der Waals surface area contributed by atoms with E-state index in [9.17, 15) is 30.3 Å². The Morgan fingerprint density at radius 3 is 1.86 bits per heavy atom. The molecule has 1 rings (SSSR count). The highest BCUT2D eigenvalue weighted by Crippen LogP contribution is 2.22. The molecule has 1 fully saturated rings. The predicted octanol–water partition coefficient (Wildman–Crippen LogP) is 2.15. The van der Waals surface area contributed by atoms with Crippen molar-refractivity contribution in [1.29, 1.82) is 0 Å². The van der Waals surface area contributed by atoms with Crippen LogP contribution in [-0.4, -0.2) is 87.5 Å². The fourth-order valence-electron chi connectivity index (χ4n) is 4.49. The summed E-state index contributed by atoms with van der Waals surface area (Å²) in [5.74, 6) is -0.322. The van der Waals surface area contributed by atoms with E-state index in [1.54, 1.807) is 0 Å². The summed E-state index contributed by atoms with van der Waals surface area (Å²) in [6.45, 7) is 2.88. The van der Waals surface area contributed by atoms with Gasteiger partial charge >= 0.3 is 0 Å². The van der Waals surface area contributed by atoms with Gasteiger partial charge in [-0.1, -0.05) is 90.4 Å². The van der Waals surface area contributed by atoms with Crippen LogP contribution in [0.15, 0.2) is 0 Å². The van der Waals surface area contributed by atoms with E-state index in [0.29, 0.717) is 6.42 Å². The molecule has 0 aromatic carbocycles. The van der Waals surface area contributed by atoms with Crippen molar-refractivity contribution < 1.29 is 39.8 Å². The average Bonchev–Trinajstić information content (AvgIpc) is 2.83. The number of carbonyl (C=O) groups excluding carboxylic acids is 1. The molecule has 7 unspecified atom stereocenters. The number of ether oxygens (including phenoxy) is 2. The molecule has 0 bridgehead atoms. The number of unbranched alkanes of at least 4 members (excludes halogenated alkanes) is 12. The number of aliphatic hydroxyl groups is 5. The van der Waals surface area contributed by atoms with E-state index in [4.69, 9.17) is 9.47 Å². The highest BCUT2D eigenvalue weighted by atomic mass is 16.7. The number of amides is 1. The number of nitrogens with one attached hydrogen (secondary N) is 1. The Kier molecular flexibility index (Phi) is 17.8. The Hall–Kier alpha value is -0.810. The van der Waals surface area contributed by atoms with Crippen molar-refractivity contribution in [3.8, 4) is 0 Å². The maximum absolute atomic E-state index is 11.6. The molecule has 35 heavy (non-hydrogen) atoms. The first-order chi connectivity index (χ1) is 16.8. The molecule has 0 aromatic heterocycles. The normalized spacial score (nSPS) is 26.4. The van der Waals surface area contributed by atoms with Crippen molar-refractivity contribution in [3.63, 3.8) is 0 Å². The minimum Gasteiger partial charge on any atom is -0.394 e. The first kappa shape index (κ1) is 32.2. The first-order valence-electron chi connectivity index (χ1n) is 13.7. The molecule has 9 heteroatoms. The summed E-state index contributed by atoms with van der Waals surface area (Å²) in [4.78, 5) is 11.6. The van der Waals surface area contributed by atoms with Gasteiger partial charge in [0.05, 0.1) is 25.4 Å². The van der Waals surface area contributed by atoms with E-state index < -0.39 is 49.5 Å².